The van der Waals surface area contributed by atoms with Gasteiger partial charge in [-0.05, 0) is 43.5 Å². The fourth-order valence-electron chi connectivity index (χ4n) is 2.14. The van der Waals surface area contributed by atoms with Gasteiger partial charge in [-0.3, -0.25) is 4.98 Å². The zero-order chi connectivity index (χ0) is 13.0. The molecule has 0 saturated heterocycles. The molecule has 2 aromatic rings. The number of hydrogen-bond donors (Lipinski definition) is 1. The zero-order valence-electron chi connectivity index (χ0n) is 11.3. The Labute approximate surface area is 109 Å². The molecule has 1 heterocycles. The molecule has 0 spiro atoms. The zero-order valence-corrected chi connectivity index (χ0v) is 11.3. The molecule has 18 heavy (non-hydrogen) atoms. The molecule has 0 amide bonds. The van der Waals surface area contributed by atoms with E-state index >= 15 is 0 Å². The van der Waals surface area contributed by atoms with Gasteiger partial charge >= 0.3 is 0 Å². The normalized spacial score (nSPS) is 12.4. The van der Waals surface area contributed by atoms with Gasteiger partial charge in [-0.15, -0.1) is 0 Å². The van der Waals surface area contributed by atoms with E-state index in [-0.39, 0.29) is 0 Å². The van der Waals surface area contributed by atoms with E-state index in [1.54, 1.807) is 0 Å². The molecule has 0 saturated carbocycles. The lowest BCUT2D eigenvalue weighted by molar-refractivity contribution is 0.564. The van der Waals surface area contributed by atoms with E-state index < -0.39 is 0 Å². The number of hydrogen-bond acceptors (Lipinski definition) is 2. The fourth-order valence-corrected chi connectivity index (χ4v) is 2.14. The summed E-state index contributed by atoms with van der Waals surface area (Å²) in [5.41, 5.74) is 5.04. The van der Waals surface area contributed by atoms with Crippen LogP contribution < -0.4 is 5.32 Å². The van der Waals surface area contributed by atoms with Gasteiger partial charge in [0.25, 0.3) is 0 Å². The lowest BCUT2D eigenvalue weighted by Crippen LogP contribution is -2.20. The quantitative estimate of drug-likeness (QED) is 0.884. The second-order valence-corrected chi connectivity index (χ2v) is 4.73. The first kappa shape index (κ1) is 12.8. The highest BCUT2D eigenvalue weighted by molar-refractivity contribution is 5.28. The second kappa shape index (κ2) is 5.78. The number of aryl methyl sites for hydroxylation is 2. The summed E-state index contributed by atoms with van der Waals surface area (Å²) in [4.78, 5) is 4.40. The predicted octanol–water partition coefficient (Wildman–Crippen LogP) is 3.55. The molecular weight excluding hydrogens is 220 g/mol. The van der Waals surface area contributed by atoms with Crippen molar-refractivity contribution in [3.8, 4) is 0 Å². The van der Waals surface area contributed by atoms with E-state index in [4.69, 9.17) is 0 Å². The van der Waals surface area contributed by atoms with Crippen molar-refractivity contribution in [2.24, 2.45) is 0 Å². The van der Waals surface area contributed by atoms with Crippen LogP contribution >= 0.6 is 0 Å². The topological polar surface area (TPSA) is 24.9 Å². The number of aromatic nitrogens is 1. The van der Waals surface area contributed by atoms with Gasteiger partial charge in [-0.25, -0.2) is 0 Å². The number of pyridine rings is 1. The lowest BCUT2D eigenvalue weighted by atomic mass is 10.0. The van der Waals surface area contributed by atoms with Crippen molar-refractivity contribution in [1.82, 2.24) is 10.3 Å². The molecule has 0 fully saturated rings. The smallest absolute Gasteiger partial charge is 0.0570 e. The van der Waals surface area contributed by atoms with Crippen LogP contribution in [0.2, 0.25) is 0 Å². The van der Waals surface area contributed by atoms with Crippen LogP contribution in [-0.2, 0) is 6.54 Å². The first-order valence-electron chi connectivity index (χ1n) is 6.38. The summed E-state index contributed by atoms with van der Waals surface area (Å²) in [5.74, 6) is 0. The molecule has 1 aromatic carbocycles. The van der Waals surface area contributed by atoms with Crippen molar-refractivity contribution in [3.63, 3.8) is 0 Å². The number of nitrogens with zero attached hydrogens (tertiary/aromatic N) is 1. The Morgan fingerprint density at radius 2 is 1.78 bits per heavy atom. The van der Waals surface area contributed by atoms with Crippen molar-refractivity contribution in [2.45, 2.75) is 33.4 Å². The Morgan fingerprint density at radius 3 is 2.50 bits per heavy atom. The van der Waals surface area contributed by atoms with Gasteiger partial charge in [0, 0.05) is 18.8 Å². The van der Waals surface area contributed by atoms with E-state index in [1.807, 2.05) is 12.3 Å². The van der Waals surface area contributed by atoms with Gasteiger partial charge in [0.15, 0.2) is 0 Å². The van der Waals surface area contributed by atoms with Crippen molar-refractivity contribution in [3.05, 3.63) is 65.0 Å². The maximum absolute atomic E-state index is 4.40. The first-order valence-corrected chi connectivity index (χ1v) is 6.38. The van der Waals surface area contributed by atoms with Crippen LogP contribution in [0.3, 0.4) is 0 Å². The molecule has 94 valence electrons. The summed E-state index contributed by atoms with van der Waals surface area (Å²) in [6, 6.07) is 12.9. The van der Waals surface area contributed by atoms with Gasteiger partial charge < -0.3 is 5.32 Å². The first-order chi connectivity index (χ1) is 8.68. The Bertz CT molecular complexity index is 520. The minimum Gasteiger partial charge on any atom is -0.305 e. The third-order valence-electron chi connectivity index (χ3n) is 3.35. The Kier molecular flexibility index (Phi) is 4.11. The van der Waals surface area contributed by atoms with Gasteiger partial charge in [0.1, 0.15) is 0 Å². The summed E-state index contributed by atoms with van der Waals surface area (Å²) in [6.45, 7) is 7.25. The molecule has 2 rings (SSSR count). The maximum atomic E-state index is 4.40. The SMILES string of the molecule is Cc1ccccc1[C@@H](C)NCc1ncccc1C. The lowest BCUT2D eigenvalue weighted by Gasteiger charge is -2.16. The third-order valence-corrected chi connectivity index (χ3v) is 3.35. The molecule has 0 aliphatic rings. The number of rotatable bonds is 4. The van der Waals surface area contributed by atoms with E-state index in [1.165, 1.54) is 16.7 Å². The highest BCUT2D eigenvalue weighted by atomic mass is 14.9. The molecule has 1 N–H and O–H groups in total. The molecule has 0 aliphatic carbocycles. The predicted molar refractivity (Wildman–Crippen MR) is 75.4 cm³/mol. The van der Waals surface area contributed by atoms with E-state index in [0.29, 0.717) is 6.04 Å². The van der Waals surface area contributed by atoms with E-state index in [0.717, 1.165) is 12.2 Å². The van der Waals surface area contributed by atoms with Crippen LogP contribution in [0.25, 0.3) is 0 Å². The van der Waals surface area contributed by atoms with Crippen molar-refractivity contribution >= 4 is 0 Å². The minimum atomic E-state index is 0.340. The molecule has 0 radical (unpaired) electrons. The Hall–Kier alpha value is -1.67. The van der Waals surface area contributed by atoms with E-state index in [2.05, 4.69) is 61.4 Å². The number of benzene rings is 1. The fraction of sp³-hybridized carbons (Fsp3) is 0.312. The average molecular weight is 240 g/mol. The van der Waals surface area contributed by atoms with Crippen LogP contribution in [0.5, 0.6) is 0 Å². The van der Waals surface area contributed by atoms with Gasteiger partial charge in [0.2, 0.25) is 0 Å². The third kappa shape index (κ3) is 2.96. The summed E-state index contributed by atoms with van der Waals surface area (Å²) >= 11 is 0. The van der Waals surface area contributed by atoms with Crippen LogP contribution in [-0.4, -0.2) is 4.98 Å². The Morgan fingerprint density at radius 1 is 1.06 bits per heavy atom. The van der Waals surface area contributed by atoms with Crippen molar-refractivity contribution in [1.29, 1.82) is 0 Å². The van der Waals surface area contributed by atoms with Crippen molar-refractivity contribution in [2.75, 3.05) is 0 Å². The highest BCUT2D eigenvalue weighted by Crippen LogP contribution is 2.17. The summed E-state index contributed by atoms with van der Waals surface area (Å²) in [5, 5.41) is 3.53. The maximum Gasteiger partial charge on any atom is 0.0570 e. The molecule has 0 unspecified atom stereocenters. The van der Waals surface area contributed by atoms with Gasteiger partial charge in [-0.1, -0.05) is 30.3 Å². The minimum absolute atomic E-state index is 0.340. The van der Waals surface area contributed by atoms with Crippen molar-refractivity contribution < 1.29 is 0 Å². The van der Waals surface area contributed by atoms with Crippen LogP contribution in [0.1, 0.15) is 35.3 Å². The van der Waals surface area contributed by atoms with Gasteiger partial charge in [-0.2, -0.15) is 0 Å². The summed E-state index contributed by atoms with van der Waals surface area (Å²) < 4.78 is 0. The van der Waals surface area contributed by atoms with Crippen LogP contribution in [0, 0.1) is 13.8 Å². The highest BCUT2D eigenvalue weighted by Gasteiger charge is 2.08. The molecule has 0 aliphatic heterocycles. The molecule has 2 heteroatoms. The van der Waals surface area contributed by atoms with Gasteiger partial charge in [0.05, 0.1) is 5.69 Å². The molecule has 2 nitrogen and oxygen atoms in total. The average Bonchev–Trinajstić information content (AvgIpc) is 2.38. The second-order valence-electron chi connectivity index (χ2n) is 4.73. The Balaban J connectivity index is 2.03. The monoisotopic (exact) mass is 240 g/mol. The summed E-state index contributed by atoms with van der Waals surface area (Å²) in [7, 11) is 0. The number of nitrogens with one attached hydrogen (secondary N) is 1. The molecule has 1 atom stereocenters. The molecule has 1 aromatic heterocycles. The summed E-state index contributed by atoms with van der Waals surface area (Å²) in [6.07, 6.45) is 1.85. The largest absolute Gasteiger partial charge is 0.305 e. The van der Waals surface area contributed by atoms with E-state index in [9.17, 15) is 0 Å². The van der Waals surface area contributed by atoms with Crippen LogP contribution in [0.4, 0.5) is 0 Å². The standard InChI is InChI=1S/C16H20N2/c1-12-7-4-5-9-15(12)14(3)18-11-16-13(2)8-6-10-17-16/h4-10,14,18H,11H2,1-3H3/t14-/m1/s1. The molecule has 0 bridgehead atoms. The van der Waals surface area contributed by atoms with Crippen LogP contribution in [0.15, 0.2) is 42.6 Å². The molecular formula is C16H20N2.